The van der Waals surface area contributed by atoms with Crippen molar-refractivity contribution < 1.29 is 9.13 Å². The molecule has 1 unspecified atom stereocenters. The molecule has 0 spiro atoms. The molecule has 32 heavy (non-hydrogen) atoms. The lowest BCUT2D eigenvalue weighted by atomic mass is 10.1. The SMILES string of the molecule is CN1CCC(Oc2cc3nc(-c4ccnc(-c5ccccc5F)c4)nc(N)c3cc2N)C1. The Hall–Kier alpha value is -3.78. The Morgan fingerprint density at radius 3 is 2.72 bits per heavy atom. The first-order valence-corrected chi connectivity index (χ1v) is 10.4. The summed E-state index contributed by atoms with van der Waals surface area (Å²) in [5.74, 6) is 0.981. The molecule has 7 nitrogen and oxygen atoms in total. The number of anilines is 2. The lowest BCUT2D eigenvalue weighted by Gasteiger charge is -2.16. The van der Waals surface area contributed by atoms with E-state index in [0.717, 1.165) is 19.5 Å². The van der Waals surface area contributed by atoms with Crippen LogP contribution in [0.3, 0.4) is 0 Å². The average molecular weight is 430 g/mol. The van der Waals surface area contributed by atoms with Crippen molar-refractivity contribution in [3.8, 4) is 28.4 Å². The van der Waals surface area contributed by atoms with Gasteiger partial charge in [0.2, 0.25) is 0 Å². The van der Waals surface area contributed by atoms with Gasteiger partial charge >= 0.3 is 0 Å². The maximum Gasteiger partial charge on any atom is 0.162 e. The maximum absolute atomic E-state index is 14.2. The van der Waals surface area contributed by atoms with Gasteiger partial charge in [-0.05, 0) is 43.8 Å². The van der Waals surface area contributed by atoms with Crippen LogP contribution in [0.4, 0.5) is 15.9 Å². The molecule has 162 valence electrons. The molecule has 0 amide bonds. The summed E-state index contributed by atoms with van der Waals surface area (Å²) in [6.45, 7) is 1.84. The molecule has 0 bridgehead atoms. The van der Waals surface area contributed by atoms with Crippen molar-refractivity contribution in [1.82, 2.24) is 19.9 Å². The van der Waals surface area contributed by atoms with Crippen molar-refractivity contribution in [3.63, 3.8) is 0 Å². The van der Waals surface area contributed by atoms with E-state index < -0.39 is 0 Å². The fourth-order valence-electron chi connectivity index (χ4n) is 3.98. The number of likely N-dealkylation sites (N-methyl/N-ethyl adjacent to an activating group) is 1. The van der Waals surface area contributed by atoms with E-state index in [-0.39, 0.29) is 11.9 Å². The second kappa shape index (κ2) is 8.05. The van der Waals surface area contributed by atoms with Gasteiger partial charge in [-0.1, -0.05) is 12.1 Å². The first-order valence-electron chi connectivity index (χ1n) is 10.4. The predicted octanol–water partition coefficient (Wildman–Crippen LogP) is 3.75. The number of halogens is 1. The second-order valence-electron chi connectivity index (χ2n) is 8.04. The van der Waals surface area contributed by atoms with Crippen LogP contribution in [0.15, 0.2) is 54.7 Å². The van der Waals surface area contributed by atoms with Crippen molar-refractivity contribution in [2.45, 2.75) is 12.5 Å². The summed E-state index contributed by atoms with van der Waals surface area (Å²) in [6, 6.07) is 13.6. The molecule has 3 heterocycles. The number of hydrogen-bond donors (Lipinski definition) is 2. The Labute approximate surface area is 184 Å². The van der Waals surface area contributed by atoms with E-state index in [9.17, 15) is 4.39 Å². The van der Waals surface area contributed by atoms with Crippen molar-refractivity contribution >= 4 is 22.4 Å². The highest BCUT2D eigenvalue weighted by Crippen LogP contribution is 2.33. The van der Waals surface area contributed by atoms with Crippen LogP contribution in [0.2, 0.25) is 0 Å². The molecule has 0 aliphatic carbocycles. The third-order valence-corrected chi connectivity index (χ3v) is 5.67. The third kappa shape index (κ3) is 3.80. The van der Waals surface area contributed by atoms with Crippen molar-refractivity contribution in [2.24, 2.45) is 0 Å². The van der Waals surface area contributed by atoms with Crippen LogP contribution < -0.4 is 16.2 Å². The molecule has 1 saturated heterocycles. The monoisotopic (exact) mass is 430 g/mol. The number of rotatable bonds is 4. The van der Waals surface area contributed by atoms with Crippen molar-refractivity contribution in [2.75, 3.05) is 31.6 Å². The summed E-state index contributed by atoms with van der Waals surface area (Å²) in [5.41, 5.74) is 15.2. The van der Waals surface area contributed by atoms with E-state index in [1.165, 1.54) is 6.07 Å². The predicted molar refractivity (Wildman–Crippen MR) is 124 cm³/mol. The number of likely N-dealkylation sites (tertiary alicyclic amines) is 1. The molecule has 5 rings (SSSR count). The largest absolute Gasteiger partial charge is 0.487 e. The van der Waals surface area contributed by atoms with Gasteiger partial charge in [0.25, 0.3) is 0 Å². The summed E-state index contributed by atoms with van der Waals surface area (Å²) in [4.78, 5) is 15.7. The van der Waals surface area contributed by atoms with Crippen LogP contribution >= 0.6 is 0 Å². The van der Waals surface area contributed by atoms with Crippen LogP contribution in [0.5, 0.6) is 5.75 Å². The van der Waals surface area contributed by atoms with Gasteiger partial charge in [-0.15, -0.1) is 0 Å². The zero-order chi connectivity index (χ0) is 22.2. The van der Waals surface area contributed by atoms with Crippen LogP contribution in [0.1, 0.15) is 6.42 Å². The molecule has 1 aliphatic heterocycles. The number of fused-ring (bicyclic) bond motifs is 1. The molecule has 0 radical (unpaired) electrons. The second-order valence-corrected chi connectivity index (χ2v) is 8.04. The van der Waals surface area contributed by atoms with E-state index in [4.69, 9.17) is 21.2 Å². The fourth-order valence-corrected chi connectivity index (χ4v) is 3.98. The standard InChI is InChI=1S/C24H23FN6O/c1-31-9-7-15(13-31)32-22-12-21-17(11-19(22)26)23(27)30-24(29-21)14-6-8-28-20(10-14)16-4-2-3-5-18(16)25/h2-6,8,10-12,15H,7,9,13,26H2,1H3,(H2,27,29,30). The Bertz CT molecular complexity index is 1310. The zero-order valence-electron chi connectivity index (χ0n) is 17.6. The number of pyridine rings is 1. The first kappa shape index (κ1) is 20.1. The van der Waals surface area contributed by atoms with Crippen LogP contribution in [-0.2, 0) is 0 Å². The van der Waals surface area contributed by atoms with E-state index >= 15 is 0 Å². The van der Waals surface area contributed by atoms with Gasteiger partial charge in [0.05, 0.1) is 16.9 Å². The summed E-state index contributed by atoms with van der Waals surface area (Å²) in [7, 11) is 2.07. The molecule has 2 aromatic carbocycles. The number of ether oxygens (including phenoxy) is 1. The normalized spacial score (nSPS) is 16.5. The Kier molecular flexibility index (Phi) is 5.07. The number of nitrogens with two attached hydrogens (primary N) is 2. The lowest BCUT2D eigenvalue weighted by molar-refractivity contribution is 0.209. The highest BCUT2D eigenvalue weighted by molar-refractivity contribution is 5.93. The number of benzene rings is 2. The summed E-state index contributed by atoms with van der Waals surface area (Å²) in [6.07, 6.45) is 2.64. The summed E-state index contributed by atoms with van der Waals surface area (Å²) >= 11 is 0. The quantitative estimate of drug-likeness (QED) is 0.475. The fraction of sp³-hybridized carbons (Fsp3) is 0.208. The van der Waals surface area contributed by atoms with Crippen molar-refractivity contribution in [1.29, 1.82) is 0 Å². The van der Waals surface area contributed by atoms with Gasteiger partial charge < -0.3 is 21.1 Å². The van der Waals surface area contributed by atoms with E-state index in [1.807, 2.05) is 6.07 Å². The van der Waals surface area contributed by atoms with E-state index in [2.05, 4.69) is 21.9 Å². The minimum absolute atomic E-state index is 0.0851. The molecule has 8 heteroatoms. The highest BCUT2D eigenvalue weighted by Gasteiger charge is 2.22. The molecular weight excluding hydrogens is 407 g/mol. The van der Waals surface area contributed by atoms with Gasteiger partial charge in [0, 0.05) is 41.9 Å². The first-order chi connectivity index (χ1) is 15.5. The number of aromatic nitrogens is 3. The van der Waals surface area contributed by atoms with Gasteiger partial charge in [0.15, 0.2) is 5.82 Å². The Morgan fingerprint density at radius 2 is 1.94 bits per heavy atom. The molecule has 1 aliphatic rings. The van der Waals surface area contributed by atoms with Gasteiger partial charge in [-0.2, -0.15) is 0 Å². The number of hydrogen-bond acceptors (Lipinski definition) is 7. The van der Waals surface area contributed by atoms with Gasteiger partial charge in [-0.25, -0.2) is 14.4 Å². The van der Waals surface area contributed by atoms with E-state index in [1.54, 1.807) is 42.6 Å². The molecular formula is C24H23FN6O. The average Bonchev–Trinajstić information content (AvgIpc) is 3.20. The van der Waals surface area contributed by atoms with Crippen molar-refractivity contribution in [3.05, 3.63) is 60.5 Å². The van der Waals surface area contributed by atoms with E-state index in [0.29, 0.717) is 50.8 Å². The Morgan fingerprint density at radius 1 is 1.09 bits per heavy atom. The van der Waals surface area contributed by atoms with Crippen LogP contribution in [0, 0.1) is 5.82 Å². The van der Waals surface area contributed by atoms with Crippen LogP contribution in [-0.4, -0.2) is 46.1 Å². The summed E-state index contributed by atoms with van der Waals surface area (Å²) in [5, 5.41) is 0.658. The molecule has 1 atom stereocenters. The number of nitrogen functional groups attached to an aromatic ring is 2. The maximum atomic E-state index is 14.2. The molecule has 2 aromatic heterocycles. The molecule has 0 saturated carbocycles. The molecule has 1 fully saturated rings. The topological polar surface area (TPSA) is 103 Å². The lowest BCUT2D eigenvalue weighted by Crippen LogP contribution is -2.21. The zero-order valence-corrected chi connectivity index (χ0v) is 17.6. The highest BCUT2D eigenvalue weighted by atomic mass is 19.1. The minimum atomic E-state index is -0.342. The molecule has 4 aromatic rings. The Balaban J connectivity index is 1.54. The minimum Gasteiger partial charge on any atom is -0.487 e. The smallest absolute Gasteiger partial charge is 0.162 e. The van der Waals surface area contributed by atoms with Gasteiger partial charge in [0.1, 0.15) is 23.5 Å². The molecule has 4 N–H and O–H groups in total. The summed E-state index contributed by atoms with van der Waals surface area (Å²) < 4.78 is 20.4. The third-order valence-electron chi connectivity index (χ3n) is 5.67. The number of nitrogens with zero attached hydrogens (tertiary/aromatic N) is 4. The van der Waals surface area contributed by atoms with Gasteiger partial charge in [-0.3, -0.25) is 4.98 Å². The van der Waals surface area contributed by atoms with Crippen LogP contribution in [0.25, 0.3) is 33.5 Å².